The third-order valence-corrected chi connectivity index (χ3v) is 3.95. The molecule has 0 aliphatic rings. The summed E-state index contributed by atoms with van der Waals surface area (Å²) >= 11 is 8.05. The van der Waals surface area contributed by atoms with Gasteiger partial charge in [-0.25, -0.2) is 9.37 Å². The molecule has 0 fully saturated rings. The molecule has 4 nitrogen and oxygen atoms in total. The molecule has 1 aromatic heterocycles. The maximum atomic E-state index is 13.8. The fourth-order valence-electron chi connectivity index (χ4n) is 2.12. The number of imidazole rings is 1. The number of alkyl halides is 1. The van der Waals surface area contributed by atoms with Crippen LogP contribution in [0.4, 0.5) is 4.39 Å². The van der Waals surface area contributed by atoms with Gasteiger partial charge in [-0.2, -0.15) is 0 Å². The van der Waals surface area contributed by atoms with Gasteiger partial charge in [0.05, 0.1) is 20.0 Å². The minimum atomic E-state index is -0.370. The second kappa shape index (κ2) is 6.48. The number of nitrogens with one attached hydrogen (secondary N) is 1. The summed E-state index contributed by atoms with van der Waals surface area (Å²) in [5.74, 6) is 0.0797. The lowest BCUT2D eigenvalue weighted by atomic mass is 10.3. The van der Waals surface area contributed by atoms with Crippen LogP contribution in [0.15, 0.2) is 12.1 Å². The Morgan fingerprint density at radius 2 is 2.14 bits per heavy atom. The van der Waals surface area contributed by atoms with Crippen LogP contribution in [0, 0.1) is 9.39 Å². The summed E-state index contributed by atoms with van der Waals surface area (Å²) in [6.07, 6.45) is 0. The molecule has 1 atom stereocenters. The van der Waals surface area contributed by atoms with E-state index < -0.39 is 0 Å². The summed E-state index contributed by atoms with van der Waals surface area (Å²) in [7, 11) is 0. The van der Waals surface area contributed by atoms with Gasteiger partial charge < -0.3 is 9.88 Å². The molecule has 0 aliphatic carbocycles. The average molecular weight is 424 g/mol. The average Bonchev–Trinajstić information content (AvgIpc) is 2.67. The molecule has 7 heteroatoms. The number of carbonyl (C=O) groups excluding carboxylic acids is 1. The van der Waals surface area contributed by atoms with Gasteiger partial charge in [-0.1, -0.05) is 0 Å². The summed E-state index contributed by atoms with van der Waals surface area (Å²) in [4.78, 5) is 16.4. The number of hydrogen-bond donors (Lipinski definition) is 1. The zero-order chi connectivity index (χ0) is 15.7. The lowest BCUT2D eigenvalue weighted by molar-refractivity contribution is -0.122. The van der Waals surface area contributed by atoms with Crippen LogP contribution in [0.2, 0.25) is 0 Å². The Morgan fingerprint density at radius 1 is 1.48 bits per heavy atom. The maximum absolute atomic E-state index is 13.8. The molecule has 0 spiro atoms. The number of nitrogens with zero attached hydrogens (tertiary/aromatic N) is 2. The number of benzene rings is 1. The first-order chi connectivity index (χ1) is 9.79. The number of carbonyl (C=O) groups is 1. The number of halogens is 3. The summed E-state index contributed by atoms with van der Waals surface area (Å²) in [5, 5.41) is 2.44. The van der Waals surface area contributed by atoms with E-state index in [1.54, 1.807) is 17.6 Å². The number of amides is 1. The fourth-order valence-corrected chi connectivity index (χ4v) is 2.74. The number of fused-ring (bicyclic) bond motifs is 1. The summed E-state index contributed by atoms with van der Waals surface area (Å²) in [6.45, 7) is 5.62. The van der Waals surface area contributed by atoms with E-state index in [9.17, 15) is 9.18 Å². The topological polar surface area (TPSA) is 46.9 Å². The molecule has 1 N–H and O–H groups in total. The molecular weight excluding hydrogens is 408 g/mol. The molecule has 1 unspecified atom stereocenters. The van der Waals surface area contributed by atoms with Crippen LogP contribution in [0.25, 0.3) is 11.0 Å². The Hall–Kier alpha value is -0.890. The lowest BCUT2D eigenvalue weighted by Crippen LogP contribution is -2.33. The zero-order valence-corrected chi connectivity index (χ0v) is 14.9. The number of hydrogen-bond acceptors (Lipinski definition) is 2. The van der Waals surface area contributed by atoms with E-state index in [0.29, 0.717) is 20.4 Å². The Balaban J connectivity index is 2.50. The van der Waals surface area contributed by atoms with Crippen molar-refractivity contribution in [3.05, 3.63) is 27.3 Å². The first-order valence-electron chi connectivity index (χ1n) is 6.58. The smallest absolute Gasteiger partial charge is 0.240 e. The van der Waals surface area contributed by atoms with E-state index in [-0.39, 0.29) is 29.7 Å². The maximum Gasteiger partial charge on any atom is 0.240 e. The van der Waals surface area contributed by atoms with Gasteiger partial charge in [-0.05, 0) is 49.4 Å². The van der Waals surface area contributed by atoms with Crippen LogP contribution in [-0.2, 0) is 11.3 Å². The highest BCUT2D eigenvalue weighted by atomic mass is 127. The van der Waals surface area contributed by atoms with Crippen molar-refractivity contribution in [2.45, 2.75) is 38.7 Å². The quantitative estimate of drug-likeness (QED) is 0.603. The molecule has 0 bridgehead atoms. The Morgan fingerprint density at radius 3 is 2.71 bits per heavy atom. The van der Waals surface area contributed by atoms with Gasteiger partial charge >= 0.3 is 0 Å². The number of aromatic nitrogens is 2. The molecular formula is C14H16ClFIN3O. The molecule has 2 aromatic rings. The molecule has 21 heavy (non-hydrogen) atoms. The van der Waals surface area contributed by atoms with Crippen LogP contribution in [-0.4, -0.2) is 21.5 Å². The lowest BCUT2D eigenvalue weighted by Gasteiger charge is -2.12. The van der Waals surface area contributed by atoms with E-state index in [0.717, 1.165) is 0 Å². The minimum absolute atomic E-state index is 0.0434. The summed E-state index contributed by atoms with van der Waals surface area (Å²) < 4.78 is 16.0. The SMILES string of the molecule is CC(C)NC(=O)Cn1c(C(C)Cl)nc2cc(I)c(F)cc21. The molecule has 0 radical (unpaired) electrons. The van der Waals surface area contributed by atoms with Gasteiger partial charge in [0.2, 0.25) is 5.91 Å². The predicted octanol–water partition coefficient (Wildman–Crippen LogP) is 3.60. The van der Waals surface area contributed by atoms with Gasteiger partial charge in [0.25, 0.3) is 0 Å². The Labute approximate surface area is 141 Å². The second-order valence-corrected chi connectivity index (χ2v) is 6.97. The molecule has 1 amide bonds. The van der Waals surface area contributed by atoms with Crippen molar-refractivity contribution in [2.24, 2.45) is 0 Å². The molecule has 0 aliphatic heterocycles. The first-order valence-corrected chi connectivity index (χ1v) is 8.09. The van der Waals surface area contributed by atoms with Crippen molar-refractivity contribution >= 4 is 51.1 Å². The molecule has 1 aromatic carbocycles. The van der Waals surface area contributed by atoms with E-state index in [1.807, 2.05) is 36.4 Å². The number of rotatable bonds is 4. The van der Waals surface area contributed by atoms with Crippen LogP contribution >= 0.6 is 34.2 Å². The standard InChI is InChI=1S/C14H16ClFIN3O/c1-7(2)18-13(21)6-20-12-4-9(16)10(17)5-11(12)19-14(20)8(3)15/h4-5,7-8H,6H2,1-3H3,(H,18,21). The summed E-state index contributed by atoms with van der Waals surface area (Å²) in [6, 6.07) is 3.10. The summed E-state index contributed by atoms with van der Waals surface area (Å²) in [5.41, 5.74) is 1.22. The van der Waals surface area contributed by atoms with Crippen molar-refractivity contribution < 1.29 is 9.18 Å². The first kappa shape index (κ1) is 16.5. The van der Waals surface area contributed by atoms with Gasteiger partial charge in [0, 0.05) is 12.1 Å². The predicted molar refractivity (Wildman–Crippen MR) is 90.0 cm³/mol. The van der Waals surface area contributed by atoms with Gasteiger partial charge in [-0.15, -0.1) is 11.6 Å². The fraction of sp³-hybridized carbons (Fsp3) is 0.429. The van der Waals surface area contributed by atoms with Crippen molar-refractivity contribution in [1.82, 2.24) is 14.9 Å². The minimum Gasteiger partial charge on any atom is -0.352 e. The Bertz CT molecular complexity index is 684. The highest BCUT2D eigenvalue weighted by Crippen LogP contribution is 2.27. The highest BCUT2D eigenvalue weighted by Gasteiger charge is 2.19. The molecule has 2 rings (SSSR count). The molecule has 1 heterocycles. The van der Waals surface area contributed by atoms with Crippen LogP contribution < -0.4 is 5.32 Å². The third-order valence-electron chi connectivity index (χ3n) is 2.93. The molecule has 0 saturated carbocycles. The van der Waals surface area contributed by atoms with E-state index >= 15 is 0 Å². The Kier molecular flexibility index (Phi) is 5.08. The van der Waals surface area contributed by atoms with E-state index in [4.69, 9.17) is 11.6 Å². The highest BCUT2D eigenvalue weighted by molar-refractivity contribution is 14.1. The molecule has 114 valence electrons. The van der Waals surface area contributed by atoms with E-state index in [1.165, 1.54) is 6.07 Å². The van der Waals surface area contributed by atoms with Crippen molar-refractivity contribution in [2.75, 3.05) is 0 Å². The zero-order valence-electron chi connectivity index (χ0n) is 12.0. The third kappa shape index (κ3) is 3.66. The van der Waals surface area contributed by atoms with Gasteiger partial charge in [-0.3, -0.25) is 4.79 Å². The largest absolute Gasteiger partial charge is 0.352 e. The van der Waals surface area contributed by atoms with Crippen LogP contribution in [0.3, 0.4) is 0 Å². The van der Waals surface area contributed by atoms with E-state index in [2.05, 4.69) is 10.3 Å². The van der Waals surface area contributed by atoms with Gasteiger partial charge in [0.1, 0.15) is 18.2 Å². The van der Waals surface area contributed by atoms with Crippen molar-refractivity contribution in [1.29, 1.82) is 0 Å². The monoisotopic (exact) mass is 423 g/mol. The van der Waals surface area contributed by atoms with Crippen LogP contribution in [0.5, 0.6) is 0 Å². The van der Waals surface area contributed by atoms with Crippen LogP contribution in [0.1, 0.15) is 32.0 Å². The second-order valence-electron chi connectivity index (χ2n) is 5.15. The molecule has 0 saturated heterocycles. The van der Waals surface area contributed by atoms with Crippen molar-refractivity contribution in [3.63, 3.8) is 0 Å². The van der Waals surface area contributed by atoms with Crippen molar-refractivity contribution in [3.8, 4) is 0 Å². The normalized spacial score (nSPS) is 12.9. The van der Waals surface area contributed by atoms with Gasteiger partial charge in [0.15, 0.2) is 0 Å².